The molecule has 0 fully saturated rings. The quantitative estimate of drug-likeness (QED) is 0.119. The number of nitrogens with zero attached hydrogens (tertiary/aromatic N) is 1. The third kappa shape index (κ3) is 6.65. The van der Waals surface area contributed by atoms with Crippen molar-refractivity contribution in [1.29, 1.82) is 0 Å². The zero-order valence-corrected chi connectivity index (χ0v) is 31.2. The maximum absolute atomic E-state index is 7.15. The van der Waals surface area contributed by atoms with Gasteiger partial charge in [-0.2, -0.15) is 0 Å². The predicted molar refractivity (Wildman–Crippen MR) is 216 cm³/mol. The van der Waals surface area contributed by atoms with Gasteiger partial charge in [-0.25, -0.2) is 0 Å². The molecule has 1 aliphatic heterocycles. The van der Waals surface area contributed by atoms with Crippen LogP contribution in [0.2, 0.25) is 0 Å². The molecular formula is C46H53ClN2. The van der Waals surface area contributed by atoms with Crippen molar-refractivity contribution in [2.24, 2.45) is 0 Å². The first kappa shape index (κ1) is 34.8. The molecule has 49 heavy (non-hydrogen) atoms. The van der Waals surface area contributed by atoms with E-state index in [1.165, 1.54) is 60.9 Å². The lowest BCUT2D eigenvalue weighted by molar-refractivity contribution is 0.628. The van der Waals surface area contributed by atoms with E-state index in [-0.39, 0.29) is 10.8 Å². The Morgan fingerprint density at radius 2 is 1.55 bits per heavy atom. The van der Waals surface area contributed by atoms with Gasteiger partial charge in [0.2, 0.25) is 0 Å². The molecule has 2 aliphatic rings. The molecule has 1 N–H and O–H groups in total. The van der Waals surface area contributed by atoms with Crippen molar-refractivity contribution in [2.75, 3.05) is 23.3 Å². The highest BCUT2D eigenvalue weighted by Crippen LogP contribution is 2.51. The lowest BCUT2D eigenvalue weighted by Gasteiger charge is -2.31. The van der Waals surface area contributed by atoms with Gasteiger partial charge in [-0.3, -0.25) is 0 Å². The Balaban J connectivity index is 1.29. The smallest absolute Gasteiger partial charge is 0.0470 e. The molecule has 1 heterocycles. The Morgan fingerprint density at radius 3 is 2.29 bits per heavy atom. The SMILES string of the molecule is C=C(/C=C/C1=C(Cl)C(=C/C=C2/N(CCCC)c3ccc4ccccc4c3C2(C)C)/CC1)C(C)(C)c1c(NCCCC)ccc2ccccc12. The first-order chi connectivity index (χ1) is 23.6. The van der Waals surface area contributed by atoms with E-state index in [1.807, 2.05) is 0 Å². The van der Waals surface area contributed by atoms with Crippen LogP contribution in [-0.4, -0.2) is 13.1 Å². The third-order valence-corrected chi connectivity index (χ3v) is 11.3. The largest absolute Gasteiger partial charge is 0.385 e. The second-order valence-corrected chi connectivity index (χ2v) is 15.2. The summed E-state index contributed by atoms with van der Waals surface area (Å²) in [6.45, 7) is 20.5. The number of halogens is 1. The number of anilines is 2. The molecule has 3 heteroatoms. The summed E-state index contributed by atoms with van der Waals surface area (Å²) < 4.78 is 0. The normalized spacial score (nSPS) is 17.7. The van der Waals surface area contributed by atoms with Gasteiger partial charge in [-0.1, -0.05) is 151 Å². The summed E-state index contributed by atoms with van der Waals surface area (Å²) >= 11 is 7.15. The van der Waals surface area contributed by atoms with Crippen molar-refractivity contribution in [3.05, 3.63) is 142 Å². The van der Waals surface area contributed by atoms with Gasteiger partial charge in [0.1, 0.15) is 0 Å². The van der Waals surface area contributed by atoms with E-state index in [4.69, 9.17) is 11.6 Å². The first-order valence-electron chi connectivity index (χ1n) is 18.3. The van der Waals surface area contributed by atoms with Crippen LogP contribution in [0.4, 0.5) is 11.4 Å². The van der Waals surface area contributed by atoms with Crippen molar-refractivity contribution in [3.63, 3.8) is 0 Å². The minimum Gasteiger partial charge on any atom is -0.385 e. The number of fused-ring (bicyclic) bond motifs is 4. The van der Waals surface area contributed by atoms with Crippen molar-refractivity contribution in [3.8, 4) is 0 Å². The van der Waals surface area contributed by atoms with Crippen LogP contribution in [0.1, 0.15) is 91.2 Å². The number of hydrogen-bond donors (Lipinski definition) is 1. The molecule has 254 valence electrons. The van der Waals surface area contributed by atoms with E-state index >= 15 is 0 Å². The van der Waals surface area contributed by atoms with E-state index in [2.05, 4.69) is 155 Å². The zero-order valence-electron chi connectivity index (χ0n) is 30.4. The average molecular weight is 669 g/mol. The van der Waals surface area contributed by atoms with Gasteiger partial charge in [0.25, 0.3) is 0 Å². The maximum atomic E-state index is 7.15. The van der Waals surface area contributed by atoms with Crippen molar-refractivity contribution < 1.29 is 0 Å². The highest BCUT2D eigenvalue weighted by atomic mass is 35.5. The second kappa shape index (κ2) is 14.5. The third-order valence-electron chi connectivity index (χ3n) is 10.8. The molecule has 0 radical (unpaired) electrons. The molecular weight excluding hydrogens is 616 g/mol. The van der Waals surface area contributed by atoms with Crippen LogP contribution in [-0.2, 0) is 10.8 Å². The zero-order chi connectivity index (χ0) is 34.8. The van der Waals surface area contributed by atoms with Crippen LogP contribution in [0.25, 0.3) is 21.5 Å². The number of unbranched alkanes of at least 4 members (excludes halogenated alkanes) is 2. The lowest BCUT2D eigenvalue weighted by atomic mass is 9.75. The summed E-state index contributed by atoms with van der Waals surface area (Å²) in [5.74, 6) is 0. The van der Waals surface area contributed by atoms with Gasteiger partial charge in [-0.15, -0.1) is 0 Å². The van der Waals surface area contributed by atoms with Crippen LogP contribution in [0, 0.1) is 0 Å². The number of nitrogens with one attached hydrogen (secondary N) is 1. The molecule has 0 aromatic heterocycles. The molecule has 2 nitrogen and oxygen atoms in total. The first-order valence-corrected chi connectivity index (χ1v) is 18.7. The molecule has 6 rings (SSSR count). The molecule has 0 spiro atoms. The topological polar surface area (TPSA) is 15.3 Å². The summed E-state index contributed by atoms with van der Waals surface area (Å²) in [6.07, 6.45) is 15.6. The minimum absolute atomic E-state index is 0.117. The monoisotopic (exact) mass is 668 g/mol. The van der Waals surface area contributed by atoms with Crippen LogP contribution in [0.5, 0.6) is 0 Å². The summed E-state index contributed by atoms with van der Waals surface area (Å²) in [5.41, 5.74) is 9.69. The molecule has 4 aromatic carbocycles. The summed E-state index contributed by atoms with van der Waals surface area (Å²) in [7, 11) is 0. The van der Waals surface area contributed by atoms with Crippen LogP contribution >= 0.6 is 11.6 Å². The number of benzene rings is 4. The fourth-order valence-corrected chi connectivity index (χ4v) is 8.16. The number of allylic oxidation sites excluding steroid dienone is 9. The Labute approximate surface area is 299 Å². The number of hydrogen-bond acceptors (Lipinski definition) is 2. The summed E-state index contributed by atoms with van der Waals surface area (Å²) in [4.78, 5) is 2.56. The van der Waals surface area contributed by atoms with E-state index in [0.717, 1.165) is 62.2 Å². The molecule has 0 saturated heterocycles. The fourth-order valence-electron chi connectivity index (χ4n) is 7.84. The standard InChI is InChI=1S/C46H53ClN2/c1-8-10-30-48-39-27-24-33-16-12-14-18-37(33)42(39)45(4,5)32(3)20-21-35-22-23-36(44(35)47)26-29-41-46(6,7)43-38-19-15-13-17-34(38)25-28-40(43)49(41)31-11-9-2/h12-21,24-29,48H,3,8-11,22-23,30-31H2,1-2,4-7H3/b21-20+,36-26+,41-29+. The van der Waals surface area contributed by atoms with E-state index in [9.17, 15) is 0 Å². The molecule has 4 aromatic rings. The van der Waals surface area contributed by atoms with Crippen LogP contribution in [0.15, 0.2) is 131 Å². The predicted octanol–water partition coefficient (Wildman–Crippen LogP) is 13.3. The van der Waals surface area contributed by atoms with Crippen molar-refractivity contribution >= 4 is 44.5 Å². The second-order valence-electron chi connectivity index (χ2n) is 14.9. The lowest BCUT2D eigenvalue weighted by Crippen LogP contribution is -2.27. The fraction of sp³-hybridized carbons (Fsp3) is 0.348. The minimum atomic E-state index is -0.282. The Kier molecular flexibility index (Phi) is 10.3. The molecule has 0 bridgehead atoms. The maximum Gasteiger partial charge on any atom is 0.0470 e. The Hall–Kier alpha value is -4.01. The van der Waals surface area contributed by atoms with Gasteiger partial charge in [0.05, 0.1) is 0 Å². The van der Waals surface area contributed by atoms with Gasteiger partial charge in [0, 0.05) is 46.0 Å². The van der Waals surface area contributed by atoms with Gasteiger partial charge in [0.15, 0.2) is 0 Å². The van der Waals surface area contributed by atoms with Gasteiger partial charge in [-0.05, 0) is 93.3 Å². The highest BCUT2D eigenvalue weighted by molar-refractivity contribution is 6.33. The molecule has 0 atom stereocenters. The molecule has 1 aliphatic carbocycles. The average Bonchev–Trinajstić information content (AvgIpc) is 3.56. The summed E-state index contributed by atoms with van der Waals surface area (Å²) in [5, 5.41) is 9.80. The van der Waals surface area contributed by atoms with Crippen LogP contribution < -0.4 is 10.2 Å². The van der Waals surface area contributed by atoms with Crippen molar-refractivity contribution in [1.82, 2.24) is 0 Å². The highest BCUT2D eigenvalue weighted by Gasteiger charge is 2.41. The number of rotatable bonds is 12. The van der Waals surface area contributed by atoms with Crippen molar-refractivity contribution in [2.45, 2.75) is 90.9 Å². The van der Waals surface area contributed by atoms with Crippen LogP contribution in [0.3, 0.4) is 0 Å². The Morgan fingerprint density at radius 1 is 0.878 bits per heavy atom. The molecule has 0 amide bonds. The molecule has 0 unspecified atom stereocenters. The van der Waals surface area contributed by atoms with E-state index in [1.54, 1.807) is 0 Å². The van der Waals surface area contributed by atoms with E-state index in [0.29, 0.717) is 0 Å². The van der Waals surface area contributed by atoms with Gasteiger partial charge >= 0.3 is 0 Å². The molecule has 0 saturated carbocycles. The van der Waals surface area contributed by atoms with Gasteiger partial charge < -0.3 is 10.2 Å². The summed E-state index contributed by atoms with van der Waals surface area (Å²) in [6, 6.07) is 26.6. The Bertz CT molecular complexity index is 2000. The van der Waals surface area contributed by atoms with E-state index < -0.39 is 0 Å².